The van der Waals surface area contributed by atoms with Crippen molar-refractivity contribution in [2.75, 3.05) is 18.0 Å². The number of sulfonamides is 1. The number of rotatable bonds is 9. The summed E-state index contributed by atoms with van der Waals surface area (Å²) in [4.78, 5) is 13.1. The van der Waals surface area contributed by atoms with Crippen molar-refractivity contribution < 1.29 is 17.9 Å². The lowest BCUT2D eigenvalue weighted by Gasteiger charge is -2.26. The summed E-state index contributed by atoms with van der Waals surface area (Å²) in [6.45, 7) is 3.36. The number of amides is 1. The van der Waals surface area contributed by atoms with Gasteiger partial charge < -0.3 is 10.1 Å². The second-order valence-corrected chi connectivity index (χ2v) is 10.5. The van der Waals surface area contributed by atoms with Crippen molar-refractivity contribution in [2.45, 2.75) is 31.2 Å². The molecule has 0 aliphatic rings. The third-order valence-corrected chi connectivity index (χ3v) is 7.52. The molecule has 0 aliphatic carbocycles. The molecule has 180 valence electrons. The van der Waals surface area contributed by atoms with Crippen molar-refractivity contribution in [2.24, 2.45) is 0 Å². The quantitative estimate of drug-likeness (QED) is 0.388. The van der Waals surface area contributed by atoms with Crippen LogP contribution in [0.5, 0.6) is 5.75 Å². The summed E-state index contributed by atoms with van der Waals surface area (Å²) in [7, 11) is -2.49. The van der Waals surface area contributed by atoms with Crippen LogP contribution in [-0.4, -0.2) is 28.0 Å². The van der Waals surface area contributed by atoms with Crippen LogP contribution in [0.25, 0.3) is 0 Å². The number of benzene rings is 3. The maximum atomic E-state index is 13.5. The SMILES string of the molecule is CC[C@H](NC(=O)CN(c1cc(Cl)cc(Cl)c1)S(=O)(=O)c1ccc(C)cc1)c1ccc(OC)cc1. The minimum absolute atomic E-state index is 0.0594. The maximum absolute atomic E-state index is 13.5. The summed E-state index contributed by atoms with van der Waals surface area (Å²) in [5, 5.41) is 3.45. The van der Waals surface area contributed by atoms with E-state index in [1.807, 2.05) is 38.1 Å². The third kappa shape index (κ3) is 6.23. The predicted molar refractivity (Wildman–Crippen MR) is 136 cm³/mol. The minimum atomic E-state index is -4.08. The topological polar surface area (TPSA) is 75.7 Å². The van der Waals surface area contributed by atoms with Crippen LogP contribution in [0, 0.1) is 6.92 Å². The molecule has 3 aromatic rings. The highest BCUT2D eigenvalue weighted by Crippen LogP contribution is 2.30. The summed E-state index contributed by atoms with van der Waals surface area (Å²) in [6, 6.07) is 17.9. The number of carbonyl (C=O) groups is 1. The first kappa shape index (κ1) is 25.9. The number of aryl methyl sites for hydroxylation is 1. The molecule has 0 saturated heterocycles. The Balaban J connectivity index is 1.92. The van der Waals surface area contributed by atoms with Gasteiger partial charge in [-0.25, -0.2) is 8.42 Å². The number of nitrogens with zero attached hydrogens (tertiary/aromatic N) is 1. The average molecular weight is 521 g/mol. The van der Waals surface area contributed by atoms with E-state index in [4.69, 9.17) is 27.9 Å². The van der Waals surface area contributed by atoms with E-state index in [0.717, 1.165) is 15.4 Å². The Morgan fingerprint density at radius 2 is 1.59 bits per heavy atom. The van der Waals surface area contributed by atoms with Gasteiger partial charge in [0.1, 0.15) is 12.3 Å². The number of halogens is 2. The number of hydrogen-bond acceptors (Lipinski definition) is 4. The molecule has 0 aliphatic heterocycles. The number of nitrogens with one attached hydrogen (secondary N) is 1. The second kappa shape index (κ2) is 11.1. The van der Waals surface area contributed by atoms with E-state index in [-0.39, 0.29) is 26.7 Å². The second-order valence-electron chi connectivity index (χ2n) is 7.75. The number of methoxy groups -OCH3 is 1. The normalized spacial score (nSPS) is 12.1. The van der Waals surface area contributed by atoms with Gasteiger partial charge in [0.2, 0.25) is 5.91 Å². The highest BCUT2D eigenvalue weighted by molar-refractivity contribution is 7.92. The van der Waals surface area contributed by atoms with Crippen LogP contribution in [0.4, 0.5) is 5.69 Å². The molecule has 1 N–H and O–H groups in total. The zero-order chi connectivity index (χ0) is 24.9. The molecular weight excluding hydrogens is 495 g/mol. The van der Waals surface area contributed by atoms with E-state index >= 15 is 0 Å². The van der Waals surface area contributed by atoms with Gasteiger partial charge in [-0.2, -0.15) is 0 Å². The van der Waals surface area contributed by atoms with E-state index in [0.29, 0.717) is 12.2 Å². The largest absolute Gasteiger partial charge is 0.497 e. The number of anilines is 1. The van der Waals surface area contributed by atoms with Gasteiger partial charge in [0.15, 0.2) is 0 Å². The predicted octanol–water partition coefficient (Wildman–Crippen LogP) is 5.77. The Morgan fingerprint density at radius 1 is 1.00 bits per heavy atom. The van der Waals surface area contributed by atoms with Crippen molar-refractivity contribution in [3.8, 4) is 5.75 Å². The molecule has 0 unspecified atom stereocenters. The van der Waals surface area contributed by atoms with Gasteiger partial charge in [0, 0.05) is 10.0 Å². The van der Waals surface area contributed by atoms with Crippen molar-refractivity contribution >= 4 is 44.8 Å². The van der Waals surface area contributed by atoms with Crippen molar-refractivity contribution in [1.29, 1.82) is 0 Å². The van der Waals surface area contributed by atoms with E-state index in [2.05, 4.69) is 5.32 Å². The van der Waals surface area contributed by atoms with Gasteiger partial charge >= 0.3 is 0 Å². The fraction of sp³-hybridized carbons (Fsp3) is 0.240. The Hall–Kier alpha value is -2.74. The fourth-order valence-corrected chi connectivity index (χ4v) is 5.38. The van der Waals surface area contributed by atoms with E-state index in [1.165, 1.54) is 30.3 Å². The van der Waals surface area contributed by atoms with Gasteiger partial charge in [-0.15, -0.1) is 0 Å². The van der Waals surface area contributed by atoms with Crippen LogP contribution in [0.3, 0.4) is 0 Å². The Bertz CT molecular complexity index is 1230. The standard InChI is InChI=1S/C25H26Cl2N2O4S/c1-4-24(18-7-9-22(33-3)10-8-18)28-25(30)16-29(21-14-19(26)13-20(27)15-21)34(31,32)23-11-5-17(2)6-12-23/h5-15,24H,4,16H2,1-3H3,(H,28,30)/t24-/m0/s1. The Kier molecular flexibility index (Phi) is 8.47. The molecule has 3 aromatic carbocycles. The van der Waals surface area contributed by atoms with Crippen molar-refractivity contribution in [1.82, 2.24) is 5.32 Å². The van der Waals surface area contributed by atoms with Crippen LogP contribution in [0.2, 0.25) is 10.0 Å². The molecular formula is C25H26Cl2N2O4S. The first-order valence-corrected chi connectivity index (χ1v) is 12.8. The highest BCUT2D eigenvalue weighted by atomic mass is 35.5. The zero-order valence-corrected chi connectivity index (χ0v) is 21.4. The van der Waals surface area contributed by atoms with Crippen molar-refractivity contribution in [3.63, 3.8) is 0 Å². The molecule has 1 atom stereocenters. The number of hydrogen-bond donors (Lipinski definition) is 1. The summed E-state index contributed by atoms with van der Waals surface area (Å²) in [5.74, 6) is 0.243. The molecule has 0 aromatic heterocycles. The minimum Gasteiger partial charge on any atom is -0.497 e. The van der Waals surface area contributed by atoms with E-state index in [1.54, 1.807) is 19.2 Å². The van der Waals surface area contributed by atoms with E-state index < -0.39 is 22.5 Å². The summed E-state index contributed by atoms with van der Waals surface area (Å²) < 4.78 is 33.3. The van der Waals surface area contributed by atoms with Crippen LogP contribution in [0.1, 0.15) is 30.5 Å². The van der Waals surface area contributed by atoms with Gasteiger partial charge in [0.05, 0.1) is 23.7 Å². The van der Waals surface area contributed by atoms with Crippen LogP contribution in [0.15, 0.2) is 71.6 Å². The molecule has 6 nitrogen and oxygen atoms in total. The molecule has 34 heavy (non-hydrogen) atoms. The number of carbonyl (C=O) groups excluding carboxylic acids is 1. The lowest BCUT2D eigenvalue weighted by atomic mass is 10.0. The molecule has 0 saturated carbocycles. The summed E-state index contributed by atoms with van der Waals surface area (Å²) in [5.41, 5.74) is 2.00. The molecule has 0 spiro atoms. The molecule has 1 amide bonds. The van der Waals surface area contributed by atoms with Gasteiger partial charge in [-0.05, 0) is 61.4 Å². The lowest BCUT2D eigenvalue weighted by Crippen LogP contribution is -2.42. The summed E-state index contributed by atoms with van der Waals surface area (Å²) >= 11 is 12.3. The first-order chi connectivity index (χ1) is 16.1. The Labute approximate surface area is 210 Å². The first-order valence-electron chi connectivity index (χ1n) is 10.6. The third-order valence-electron chi connectivity index (χ3n) is 5.29. The van der Waals surface area contributed by atoms with Crippen LogP contribution < -0.4 is 14.4 Å². The van der Waals surface area contributed by atoms with Crippen LogP contribution >= 0.6 is 23.2 Å². The molecule has 3 rings (SSSR count). The van der Waals surface area contributed by atoms with Crippen LogP contribution in [-0.2, 0) is 14.8 Å². The maximum Gasteiger partial charge on any atom is 0.264 e. The van der Waals surface area contributed by atoms with Gasteiger partial charge in [0.25, 0.3) is 10.0 Å². The zero-order valence-electron chi connectivity index (χ0n) is 19.1. The monoisotopic (exact) mass is 520 g/mol. The smallest absolute Gasteiger partial charge is 0.264 e. The molecule has 0 bridgehead atoms. The summed E-state index contributed by atoms with van der Waals surface area (Å²) in [6.07, 6.45) is 0.617. The fourth-order valence-electron chi connectivity index (χ4n) is 3.46. The molecule has 0 radical (unpaired) electrons. The number of ether oxygens (including phenoxy) is 1. The molecule has 9 heteroatoms. The van der Waals surface area contributed by atoms with Gasteiger partial charge in [-0.3, -0.25) is 9.10 Å². The highest BCUT2D eigenvalue weighted by Gasteiger charge is 2.28. The average Bonchev–Trinajstić information content (AvgIpc) is 2.80. The lowest BCUT2D eigenvalue weighted by molar-refractivity contribution is -0.120. The van der Waals surface area contributed by atoms with E-state index in [9.17, 15) is 13.2 Å². The molecule has 0 heterocycles. The van der Waals surface area contributed by atoms with Crippen molar-refractivity contribution in [3.05, 3.63) is 87.9 Å². The molecule has 0 fully saturated rings. The van der Waals surface area contributed by atoms with Gasteiger partial charge in [-0.1, -0.05) is 60.0 Å². The Morgan fingerprint density at radius 3 is 2.12 bits per heavy atom.